The summed E-state index contributed by atoms with van der Waals surface area (Å²) in [7, 11) is -3.11. The Morgan fingerprint density at radius 2 is 2.26 bits per heavy atom. The summed E-state index contributed by atoms with van der Waals surface area (Å²) in [5, 5.41) is 11.1. The molecular formula is C12H14N2O4S. The lowest BCUT2D eigenvalue weighted by atomic mass is 10.1. The molecule has 0 radical (unpaired) electrons. The lowest BCUT2D eigenvalue weighted by Gasteiger charge is -2.05. The maximum absolute atomic E-state index is 11.9. The van der Waals surface area contributed by atoms with Crippen LogP contribution in [0.5, 0.6) is 0 Å². The number of sulfone groups is 1. The summed E-state index contributed by atoms with van der Waals surface area (Å²) in [5.74, 6) is 4.49. The first-order valence-electron chi connectivity index (χ1n) is 5.43. The molecule has 19 heavy (non-hydrogen) atoms. The van der Waals surface area contributed by atoms with Gasteiger partial charge in [0.05, 0.1) is 16.9 Å². The molecule has 0 atom stereocenters. The SMILES string of the molecule is CS(=O)(=O)CCNC(=O)c1ccncc1C#CCO. The van der Waals surface area contributed by atoms with Crippen molar-refractivity contribution < 1.29 is 18.3 Å². The van der Waals surface area contributed by atoms with Gasteiger partial charge in [-0.2, -0.15) is 0 Å². The van der Waals surface area contributed by atoms with E-state index in [1.54, 1.807) is 0 Å². The minimum absolute atomic E-state index is 0.0346. The van der Waals surface area contributed by atoms with E-state index in [1.807, 2.05) is 0 Å². The molecule has 2 N–H and O–H groups in total. The summed E-state index contributed by atoms with van der Waals surface area (Å²) in [6.45, 7) is -0.281. The normalized spacial score (nSPS) is 10.4. The Morgan fingerprint density at radius 1 is 1.53 bits per heavy atom. The third-order valence-corrected chi connectivity index (χ3v) is 3.07. The fraction of sp³-hybridized carbons (Fsp3) is 0.333. The Balaban J connectivity index is 2.77. The molecule has 0 saturated carbocycles. The van der Waals surface area contributed by atoms with Crippen LogP contribution in [0.1, 0.15) is 15.9 Å². The summed E-state index contributed by atoms with van der Waals surface area (Å²) in [4.78, 5) is 15.7. The van der Waals surface area contributed by atoms with Crippen molar-refractivity contribution in [3.8, 4) is 11.8 Å². The van der Waals surface area contributed by atoms with Gasteiger partial charge in [-0.15, -0.1) is 0 Å². The fourth-order valence-electron chi connectivity index (χ4n) is 1.27. The van der Waals surface area contributed by atoms with Crippen LogP contribution < -0.4 is 5.32 Å². The number of aromatic nitrogens is 1. The van der Waals surface area contributed by atoms with Gasteiger partial charge in [0.15, 0.2) is 0 Å². The Morgan fingerprint density at radius 3 is 2.89 bits per heavy atom. The lowest BCUT2D eigenvalue weighted by molar-refractivity contribution is 0.0956. The van der Waals surface area contributed by atoms with Crippen LogP contribution in [0.2, 0.25) is 0 Å². The minimum atomic E-state index is -3.11. The molecule has 1 rings (SSSR count). The average Bonchev–Trinajstić information content (AvgIpc) is 2.35. The average molecular weight is 282 g/mol. The van der Waals surface area contributed by atoms with Crippen LogP contribution in [0.15, 0.2) is 18.5 Å². The summed E-state index contributed by atoms with van der Waals surface area (Å²) in [6, 6.07) is 1.48. The van der Waals surface area contributed by atoms with Crippen molar-refractivity contribution in [2.75, 3.05) is 25.2 Å². The molecule has 0 bridgehead atoms. The van der Waals surface area contributed by atoms with Crippen LogP contribution >= 0.6 is 0 Å². The monoisotopic (exact) mass is 282 g/mol. The molecule has 1 heterocycles. The highest BCUT2D eigenvalue weighted by Crippen LogP contribution is 2.05. The zero-order chi connectivity index (χ0) is 14.3. The van der Waals surface area contributed by atoms with Crippen molar-refractivity contribution in [1.29, 1.82) is 0 Å². The van der Waals surface area contributed by atoms with E-state index < -0.39 is 15.7 Å². The summed E-state index contributed by atoms with van der Waals surface area (Å²) >= 11 is 0. The number of hydrogen-bond acceptors (Lipinski definition) is 5. The molecule has 0 fully saturated rings. The highest BCUT2D eigenvalue weighted by atomic mass is 32.2. The number of rotatable bonds is 4. The van der Waals surface area contributed by atoms with E-state index in [0.29, 0.717) is 11.1 Å². The van der Waals surface area contributed by atoms with E-state index in [1.165, 1.54) is 18.5 Å². The number of amides is 1. The van der Waals surface area contributed by atoms with Crippen molar-refractivity contribution in [2.24, 2.45) is 0 Å². The molecule has 0 aromatic carbocycles. The van der Waals surface area contributed by atoms with Gasteiger partial charge in [-0.3, -0.25) is 9.78 Å². The van der Waals surface area contributed by atoms with Crippen LogP contribution in [0.25, 0.3) is 0 Å². The molecule has 0 aliphatic heterocycles. The van der Waals surface area contributed by atoms with E-state index in [2.05, 4.69) is 22.1 Å². The first-order chi connectivity index (χ1) is 8.94. The molecular weight excluding hydrogens is 268 g/mol. The number of nitrogens with zero attached hydrogens (tertiary/aromatic N) is 1. The van der Waals surface area contributed by atoms with Gasteiger partial charge in [0.25, 0.3) is 5.91 Å². The molecule has 1 aromatic heterocycles. The lowest BCUT2D eigenvalue weighted by Crippen LogP contribution is -2.29. The molecule has 0 aliphatic carbocycles. The maximum Gasteiger partial charge on any atom is 0.252 e. The number of carbonyl (C=O) groups excluding carboxylic acids is 1. The van der Waals surface area contributed by atoms with Crippen LogP contribution in [0.3, 0.4) is 0 Å². The van der Waals surface area contributed by atoms with Crippen molar-refractivity contribution in [3.63, 3.8) is 0 Å². The van der Waals surface area contributed by atoms with Gasteiger partial charge >= 0.3 is 0 Å². The Labute approximate surface area is 111 Å². The molecule has 0 aliphatic rings. The van der Waals surface area contributed by atoms with Crippen molar-refractivity contribution in [1.82, 2.24) is 10.3 Å². The van der Waals surface area contributed by atoms with E-state index in [-0.39, 0.29) is 18.9 Å². The quantitative estimate of drug-likeness (QED) is 0.705. The summed E-state index contributed by atoms with van der Waals surface area (Å²) in [5.41, 5.74) is 0.679. The predicted molar refractivity (Wildman–Crippen MR) is 70.2 cm³/mol. The Hall–Kier alpha value is -1.91. The number of aliphatic hydroxyl groups is 1. The smallest absolute Gasteiger partial charge is 0.252 e. The number of carbonyl (C=O) groups is 1. The fourth-order valence-corrected chi connectivity index (χ4v) is 1.74. The van der Waals surface area contributed by atoms with Gasteiger partial charge in [0.1, 0.15) is 16.4 Å². The third kappa shape index (κ3) is 5.50. The minimum Gasteiger partial charge on any atom is -0.384 e. The Kier molecular flexibility index (Phi) is 5.48. The van der Waals surface area contributed by atoms with Crippen LogP contribution in [-0.4, -0.2) is 49.6 Å². The van der Waals surface area contributed by atoms with Crippen LogP contribution in [0.4, 0.5) is 0 Å². The standard InChI is InChI=1S/C12H14N2O4S/c1-19(17,18)8-6-14-12(16)11-4-5-13-9-10(11)3-2-7-15/h4-5,9,15H,6-8H2,1H3,(H,14,16). The molecule has 0 saturated heterocycles. The van der Waals surface area contributed by atoms with Gasteiger partial charge in [-0.1, -0.05) is 11.8 Å². The number of hydrogen-bond donors (Lipinski definition) is 2. The predicted octanol–water partition coefficient (Wildman–Crippen LogP) is -0.800. The Bertz CT molecular complexity index is 614. The first-order valence-corrected chi connectivity index (χ1v) is 7.50. The molecule has 1 aromatic rings. The topological polar surface area (TPSA) is 96.4 Å². The third-order valence-electron chi connectivity index (χ3n) is 2.13. The van der Waals surface area contributed by atoms with Gasteiger partial charge < -0.3 is 10.4 Å². The zero-order valence-corrected chi connectivity index (χ0v) is 11.2. The van der Waals surface area contributed by atoms with Gasteiger partial charge in [0.2, 0.25) is 0 Å². The van der Waals surface area contributed by atoms with E-state index in [9.17, 15) is 13.2 Å². The molecule has 0 unspecified atom stereocenters. The molecule has 0 spiro atoms. The number of pyridine rings is 1. The summed E-state index contributed by atoms with van der Waals surface area (Å²) in [6.07, 6.45) is 3.95. The highest BCUT2D eigenvalue weighted by molar-refractivity contribution is 7.90. The van der Waals surface area contributed by atoms with Crippen LogP contribution in [0, 0.1) is 11.8 Å². The van der Waals surface area contributed by atoms with Gasteiger partial charge in [-0.25, -0.2) is 8.42 Å². The second kappa shape index (κ2) is 6.87. The van der Waals surface area contributed by atoms with Crippen LogP contribution in [-0.2, 0) is 9.84 Å². The molecule has 102 valence electrons. The van der Waals surface area contributed by atoms with E-state index in [4.69, 9.17) is 5.11 Å². The van der Waals surface area contributed by atoms with E-state index in [0.717, 1.165) is 6.26 Å². The second-order valence-corrected chi connectivity index (χ2v) is 6.03. The largest absolute Gasteiger partial charge is 0.384 e. The number of nitrogens with one attached hydrogen (secondary N) is 1. The van der Waals surface area contributed by atoms with Crippen molar-refractivity contribution in [3.05, 3.63) is 29.6 Å². The second-order valence-electron chi connectivity index (χ2n) is 3.77. The molecule has 1 amide bonds. The first kappa shape index (κ1) is 15.1. The van der Waals surface area contributed by atoms with Crippen molar-refractivity contribution >= 4 is 15.7 Å². The van der Waals surface area contributed by atoms with E-state index >= 15 is 0 Å². The highest BCUT2D eigenvalue weighted by Gasteiger charge is 2.10. The zero-order valence-electron chi connectivity index (χ0n) is 10.4. The maximum atomic E-state index is 11.9. The van der Waals surface area contributed by atoms with Gasteiger partial charge in [0, 0.05) is 25.2 Å². The molecule has 7 heteroatoms. The van der Waals surface area contributed by atoms with Gasteiger partial charge in [-0.05, 0) is 6.07 Å². The van der Waals surface area contributed by atoms with Crippen molar-refractivity contribution in [2.45, 2.75) is 0 Å². The summed E-state index contributed by atoms with van der Waals surface area (Å²) < 4.78 is 21.9. The molecule has 6 nitrogen and oxygen atoms in total. The number of aliphatic hydroxyl groups excluding tert-OH is 1.